The van der Waals surface area contributed by atoms with Crippen LogP contribution in [0.1, 0.15) is 30.5 Å². The SMILES string of the molecule is COc1ccc(N[C@@H](CC(C)=O)c2ccccc2C)cc1. The van der Waals surface area contributed by atoms with Gasteiger partial charge < -0.3 is 10.1 Å². The third kappa shape index (κ3) is 4.09. The molecule has 2 aromatic rings. The number of Topliss-reactive ketones (excluding diaryl/α,β-unsaturated/α-hetero) is 1. The first-order valence-corrected chi connectivity index (χ1v) is 7.05. The molecule has 1 atom stereocenters. The van der Waals surface area contributed by atoms with Crippen molar-refractivity contribution in [1.29, 1.82) is 0 Å². The van der Waals surface area contributed by atoms with E-state index in [1.165, 1.54) is 5.56 Å². The van der Waals surface area contributed by atoms with E-state index in [2.05, 4.69) is 24.4 Å². The second-order valence-electron chi connectivity index (χ2n) is 5.19. The number of nitrogens with one attached hydrogen (secondary N) is 1. The van der Waals surface area contributed by atoms with Gasteiger partial charge in [-0.3, -0.25) is 4.79 Å². The molecule has 21 heavy (non-hydrogen) atoms. The molecule has 0 unspecified atom stereocenters. The molecule has 0 aliphatic heterocycles. The van der Waals surface area contributed by atoms with Crippen LogP contribution in [-0.4, -0.2) is 12.9 Å². The Bertz CT molecular complexity index is 605. The van der Waals surface area contributed by atoms with Crippen LogP contribution in [0, 0.1) is 6.92 Å². The minimum absolute atomic E-state index is 0.0166. The number of carbonyl (C=O) groups is 1. The predicted molar refractivity (Wildman–Crippen MR) is 85.8 cm³/mol. The highest BCUT2D eigenvalue weighted by Gasteiger charge is 2.15. The summed E-state index contributed by atoms with van der Waals surface area (Å²) >= 11 is 0. The average Bonchev–Trinajstić information content (AvgIpc) is 2.47. The fourth-order valence-electron chi connectivity index (χ4n) is 2.39. The average molecular weight is 283 g/mol. The Kier molecular flexibility index (Phi) is 4.99. The van der Waals surface area contributed by atoms with Crippen LogP contribution in [0.4, 0.5) is 5.69 Å². The minimum Gasteiger partial charge on any atom is -0.497 e. The summed E-state index contributed by atoms with van der Waals surface area (Å²) in [6, 6.07) is 15.9. The Morgan fingerprint density at radius 2 is 1.81 bits per heavy atom. The molecule has 0 aliphatic carbocycles. The van der Waals surface area contributed by atoms with E-state index < -0.39 is 0 Å². The number of hydrogen-bond donors (Lipinski definition) is 1. The smallest absolute Gasteiger partial charge is 0.132 e. The summed E-state index contributed by atoms with van der Waals surface area (Å²) in [5, 5.41) is 3.44. The molecule has 0 radical (unpaired) electrons. The fourth-order valence-corrected chi connectivity index (χ4v) is 2.39. The van der Waals surface area contributed by atoms with Crippen LogP contribution in [0.3, 0.4) is 0 Å². The monoisotopic (exact) mass is 283 g/mol. The maximum atomic E-state index is 11.6. The van der Waals surface area contributed by atoms with Gasteiger partial charge in [-0.1, -0.05) is 24.3 Å². The number of aryl methyl sites for hydroxylation is 1. The molecule has 3 nitrogen and oxygen atoms in total. The summed E-state index contributed by atoms with van der Waals surface area (Å²) in [7, 11) is 1.65. The molecule has 2 aromatic carbocycles. The summed E-state index contributed by atoms with van der Waals surface area (Å²) in [5.74, 6) is 0.990. The van der Waals surface area contributed by atoms with E-state index in [9.17, 15) is 4.79 Å². The van der Waals surface area contributed by atoms with Crippen molar-refractivity contribution in [1.82, 2.24) is 0 Å². The Morgan fingerprint density at radius 3 is 2.38 bits per heavy atom. The Hall–Kier alpha value is -2.29. The van der Waals surface area contributed by atoms with E-state index in [1.54, 1.807) is 14.0 Å². The number of ether oxygens (including phenoxy) is 1. The lowest BCUT2D eigenvalue weighted by molar-refractivity contribution is -0.117. The molecule has 0 heterocycles. The molecule has 0 saturated carbocycles. The molecular formula is C18H21NO2. The van der Waals surface area contributed by atoms with E-state index in [0.29, 0.717) is 6.42 Å². The summed E-state index contributed by atoms with van der Waals surface area (Å²) in [6.07, 6.45) is 0.469. The van der Waals surface area contributed by atoms with E-state index in [4.69, 9.17) is 4.74 Å². The van der Waals surface area contributed by atoms with E-state index >= 15 is 0 Å². The van der Waals surface area contributed by atoms with Gasteiger partial charge in [0.15, 0.2) is 0 Å². The molecule has 0 bridgehead atoms. The van der Waals surface area contributed by atoms with Gasteiger partial charge in [-0.05, 0) is 49.2 Å². The van der Waals surface area contributed by atoms with Crippen molar-refractivity contribution in [2.75, 3.05) is 12.4 Å². The zero-order chi connectivity index (χ0) is 15.2. The number of hydrogen-bond acceptors (Lipinski definition) is 3. The molecule has 1 N–H and O–H groups in total. The van der Waals surface area contributed by atoms with Crippen LogP contribution in [0.15, 0.2) is 48.5 Å². The standard InChI is InChI=1S/C18H21NO2/c1-13-6-4-5-7-17(13)18(12-14(2)20)19-15-8-10-16(21-3)11-9-15/h4-11,18-19H,12H2,1-3H3/t18-/m0/s1. The number of carbonyl (C=O) groups excluding carboxylic acids is 1. The molecule has 3 heteroatoms. The fraction of sp³-hybridized carbons (Fsp3) is 0.278. The molecule has 0 amide bonds. The van der Waals surface area contributed by atoms with Gasteiger partial charge >= 0.3 is 0 Å². The first kappa shape index (κ1) is 15.1. The summed E-state index contributed by atoms with van der Waals surface area (Å²) < 4.78 is 5.16. The topological polar surface area (TPSA) is 38.3 Å². The first-order valence-electron chi connectivity index (χ1n) is 7.05. The molecule has 2 rings (SSSR count). The van der Waals surface area contributed by atoms with Gasteiger partial charge in [-0.2, -0.15) is 0 Å². The molecule has 110 valence electrons. The van der Waals surface area contributed by atoms with Crippen LogP contribution < -0.4 is 10.1 Å². The molecule has 0 saturated heterocycles. The lowest BCUT2D eigenvalue weighted by atomic mass is 9.97. The van der Waals surface area contributed by atoms with Gasteiger partial charge in [0.25, 0.3) is 0 Å². The quantitative estimate of drug-likeness (QED) is 0.866. The Morgan fingerprint density at radius 1 is 1.14 bits per heavy atom. The van der Waals surface area contributed by atoms with Crippen molar-refractivity contribution < 1.29 is 9.53 Å². The van der Waals surface area contributed by atoms with Crippen molar-refractivity contribution in [2.24, 2.45) is 0 Å². The summed E-state index contributed by atoms with van der Waals surface area (Å²) in [5.41, 5.74) is 3.32. The molecule has 0 aliphatic rings. The van der Waals surface area contributed by atoms with Crippen LogP contribution in [0.5, 0.6) is 5.75 Å². The lowest BCUT2D eigenvalue weighted by Crippen LogP contribution is -2.15. The zero-order valence-corrected chi connectivity index (χ0v) is 12.7. The third-order valence-electron chi connectivity index (χ3n) is 3.49. The van der Waals surface area contributed by atoms with Crippen molar-refractivity contribution in [3.05, 3.63) is 59.7 Å². The van der Waals surface area contributed by atoms with Crippen molar-refractivity contribution in [2.45, 2.75) is 26.3 Å². The number of methoxy groups -OCH3 is 1. The molecule has 0 fully saturated rings. The van der Waals surface area contributed by atoms with E-state index in [0.717, 1.165) is 17.0 Å². The van der Waals surface area contributed by atoms with Crippen LogP contribution in [-0.2, 0) is 4.79 Å². The van der Waals surface area contributed by atoms with Gasteiger partial charge in [0, 0.05) is 12.1 Å². The Balaban J connectivity index is 2.23. The summed E-state index contributed by atoms with van der Waals surface area (Å²) in [4.78, 5) is 11.6. The van der Waals surface area contributed by atoms with Crippen LogP contribution >= 0.6 is 0 Å². The number of anilines is 1. The second-order valence-corrected chi connectivity index (χ2v) is 5.19. The Labute approximate surface area is 126 Å². The van der Waals surface area contributed by atoms with Gasteiger partial charge in [-0.25, -0.2) is 0 Å². The molecule has 0 aromatic heterocycles. The van der Waals surface area contributed by atoms with Gasteiger partial charge in [0.2, 0.25) is 0 Å². The largest absolute Gasteiger partial charge is 0.497 e. The number of benzene rings is 2. The highest BCUT2D eigenvalue weighted by molar-refractivity contribution is 5.77. The lowest BCUT2D eigenvalue weighted by Gasteiger charge is -2.21. The highest BCUT2D eigenvalue weighted by atomic mass is 16.5. The van der Waals surface area contributed by atoms with E-state index in [-0.39, 0.29) is 11.8 Å². The van der Waals surface area contributed by atoms with Crippen molar-refractivity contribution in [3.63, 3.8) is 0 Å². The van der Waals surface area contributed by atoms with Gasteiger partial charge in [-0.15, -0.1) is 0 Å². The molecule has 0 spiro atoms. The normalized spacial score (nSPS) is 11.8. The molecular weight excluding hydrogens is 262 g/mol. The van der Waals surface area contributed by atoms with Crippen molar-refractivity contribution in [3.8, 4) is 5.75 Å². The zero-order valence-electron chi connectivity index (χ0n) is 12.7. The number of rotatable bonds is 6. The first-order chi connectivity index (χ1) is 10.1. The third-order valence-corrected chi connectivity index (χ3v) is 3.49. The van der Waals surface area contributed by atoms with Gasteiger partial charge in [0.1, 0.15) is 11.5 Å². The minimum atomic E-state index is -0.0166. The maximum absolute atomic E-state index is 11.6. The van der Waals surface area contributed by atoms with Crippen molar-refractivity contribution >= 4 is 11.5 Å². The van der Waals surface area contributed by atoms with E-state index in [1.807, 2.05) is 36.4 Å². The van der Waals surface area contributed by atoms with Gasteiger partial charge in [0.05, 0.1) is 13.2 Å². The predicted octanol–water partition coefficient (Wildman–Crippen LogP) is 4.14. The maximum Gasteiger partial charge on any atom is 0.132 e. The second kappa shape index (κ2) is 6.93. The van der Waals surface area contributed by atoms with Crippen LogP contribution in [0.25, 0.3) is 0 Å². The summed E-state index contributed by atoms with van der Waals surface area (Å²) in [6.45, 7) is 3.69. The number of ketones is 1. The van der Waals surface area contributed by atoms with Crippen LogP contribution in [0.2, 0.25) is 0 Å². The highest BCUT2D eigenvalue weighted by Crippen LogP contribution is 2.26.